The molecule has 1 aromatic rings. The highest BCUT2D eigenvalue weighted by Gasteiger charge is 2.35. The van der Waals surface area contributed by atoms with Crippen molar-refractivity contribution < 1.29 is 4.79 Å². The number of rotatable bonds is 8. The van der Waals surface area contributed by atoms with Gasteiger partial charge < -0.3 is 10.6 Å². The predicted octanol–water partition coefficient (Wildman–Crippen LogP) is 3.33. The molecule has 3 nitrogen and oxygen atoms in total. The fourth-order valence-electron chi connectivity index (χ4n) is 2.80. The topological polar surface area (TPSA) is 46.3 Å². The third-order valence-corrected chi connectivity index (χ3v) is 4.46. The molecule has 1 fully saturated rings. The minimum atomic E-state index is -0.352. The zero-order chi connectivity index (χ0) is 15.2. The number of carbonyl (C=O) groups excluding carboxylic acids is 1. The minimum Gasteiger partial charge on any atom is -0.334 e. The van der Waals surface area contributed by atoms with Crippen LogP contribution in [-0.4, -0.2) is 22.9 Å². The molecule has 2 N–H and O–H groups in total. The van der Waals surface area contributed by atoms with Gasteiger partial charge in [-0.2, -0.15) is 0 Å². The maximum absolute atomic E-state index is 12.7. The van der Waals surface area contributed by atoms with Gasteiger partial charge in [0.2, 0.25) is 5.91 Å². The second-order valence-corrected chi connectivity index (χ2v) is 6.28. The fraction of sp³-hybridized carbons (Fsp3) is 0.611. The lowest BCUT2D eigenvalue weighted by Gasteiger charge is -2.32. The summed E-state index contributed by atoms with van der Waals surface area (Å²) in [6.45, 7) is 4.98. The number of nitrogens with two attached hydrogens (primary N) is 1. The van der Waals surface area contributed by atoms with E-state index in [0.717, 1.165) is 19.3 Å². The number of nitrogens with zero attached hydrogens (tertiary/aromatic N) is 1. The Labute approximate surface area is 128 Å². The van der Waals surface area contributed by atoms with Crippen molar-refractivity contribution in [3.8, 4) is 0 Å². The van der Waals surface area contributed by atoms with Crippen LogP contribution in [0.4, 0.5) is 0 Å². The van der Waals surface area contributed by atoms with Crippen LogP contribution in [0.5, 0.6) is 0 Å². The van der Waals surface area contributed by atoms with E-state index in [1.807, 2.05) is 23.1 Å². The van der Waals surface area contributed by atoms with Crippen LogP contribution in [0.1, 0.15) is 51.5 Å². The summed E-state index contributed by atoms with van der Waals surface area (Å²) >= 11 is 0. The van der Waals surface area contributed by atoms with Gasteiger partial charge in [-0.15, -0.1) is 0 Å². The molecular formula is C18H28N2O. The smallest absolute Gasteiger partial charge is 0.240 e. The highest BCUT2D eigenvalue weighted by molar-refractivity contribution is 5.82. The fourth-order valence-corrected chi connectivity index (χ4v) is 2.80. The van der Waals surface area contributed by atoms with E-state index in [2.05, 4.69) is 26.0 Å². The van der Waals surface area contributed by atoms with Crippen molar-refractivity contribution in [3.05, 3.63) is 35.9 Å². The van der Waals surface area contributed by atoms with Crippen molar-refractivity contribution in [2.75, 3.05) is 0 Å². The average molecular weight is 288 g/mol. The first-order valence-electron chi connectivity index (χ1n) is 8.23. The van der Waals surface area contributed by atoms with Crippen molar-refractivity contribution in [2.24, 2.45) is 11.7 Å². The molecule has 2 rings (SSSR count). The van der Waals surface area contributed by atoms with Crippen LogP contribution in [-0.2, 0) is 11.3 Å². The maximum atomic E-state index is 12.7. The molecule has 0 bridgehead atoms. The standard InChI is InChI=1S/C18H28N2O/c1-3-4-10-17(19)18(21)20(14(2)16-11-12-16)13-15-8-6-5-7-9-15/h5-9,14,16-17H,3-4,10-13,19H2,1-2H3. The van der Waals surface area contributed by atoms with E-state index in [4.69, 9.17) is 5.73 Å². The molecule has 1 saturated carbocycles. The van der Waals surface area contributed by atoms with Crippen LogP contribution in [0.15, 0.2) is 30.3 Å². The van der Waals surface area contributed by atoms with Gasteiger partial charge in [0.15, 0.2) is 0 Å². The van der Waals surface area contributed by atoms with Crippen LogP contribution in [0.25, 0.3) is 0 Å². The van der Waals surface area contributed by atoms with Gasteiger partial charge in [-0.3, -0.25) is 4.79 Å². The Morgan fingerprint density at radius 3 is 2.57 bits per heavy atom. The molecule has 0 saturated heterocycles. The van der Waals surface area contributed by atoms with E-state index in [0.29, 0.717) is 18.5 Å². The number of hydrogen-bond donors (Lipinski definition) is 1. The summed E-state index contributed by atoms with van der Waals surface area (Å²) in [6.07, 6.45) is 5.37. The summed E-state index contributed by atoms with van der Waals surface area (Å²) < 4.78 is 0. The summed E-state index contributed by atoms with van der Waals surface area (Å²) in [5, 5.41) is 0. The van der Waals surface area contributed by atoms with Crippen molar-refractivity contribution >= 4 is 5.91 Å². The highest BCUT2D eigenvalue weighted by atomic mass is 16.2. The summed E-state index contributed by atoms with van der Waals surface area (Å²) in [5.41, 5.74) is 7.31. The monoisotopic (exact) mass is 288 g/mol. The van der Waals surface area contributed by atoms with Gasteiger partial charge in [0.1, 0.15) is 0 Å². The van der Waals surface area contributed by atoms with Crippen molar-refractivity contribution in [2.45, 2.75) is 64.6 Å². The van der Waals surface area contributed by atoms with Crippen LogP contribution >= 0.6 is 0 Å². The third-order valence-electron chi connectivity index (χ3n) is 4.46. The Hall–Kier alpha value is -1.35. The van der Waals surface area contributed by atoms with Crippen molar-refractivity contribution in [1.29, 1.82) is 0 Å². The quantitative estimate of drug-likeness (QED) is 0.797. The highest BCUT2D eigenvalue weighted by Crippen LogP contribution is 2.36. The van der Waals surface area contributed by atoms with Crippen molar-refractivity contribution in [3.63, 3.8) is 0 Å². The van der Waals surface area contributed by atoms with Gasteiger partial charge in [-0.25, -0.2) is 0 Å². The summed E-state index contributed by atoms with van der Waals surface area (Å²) in [5.74, 6) is 0.780. The first-order chi connectivity index (χ1) is 10.1. The number of benzene rings is 1. The zero-order valence-electron chi connectivity index (χ0n) is 13.3. The van der Waals surface area contributed by atoms with Gasteiger partial charge in [-0.1, -0.05) is 50.1 Å². The molecule has 1 aromatic carbocycles. The first-order valence-corrected chi connectivity index (χ1v) is 8.23. The van der Waals surface area contributed by atoms with E-state index in [1.165, 1.54) is 18.4 Å². The molecule has 3 heteroatoms. The van der Waals surface area contributed by atoms with Gasteiger partial charge in [-0.05, 0) is 37.7 Å². The van der Waals surface area contributed by atoms with Crippen LogP contribution in [0.2, 0.25) is 0 Å². The van der Waals surface area contributed by atoms with E-state index < -0.39 is 0 Å². The lowest BCUT2D eigenvalue weighted by atomic mass is 10.1. The van der Waals surface area contributed by atoms with E-state index in [9.17, 15) is 4.79 Å². The molecule has 0 aromatic heterocycles. The normalized spacial score (nSPS) is 17.3. The third kappa shape index (κ3) is 4.57. The van der Waals surface area contributed by atoms with Crippen molar-refractivity contribution in [1.82, 2.24) is 4.90 Å². The van der Waals surface area contributed by atoms with Crippen LogP contribution in [0.3, 0.4) is 0 Å². The molecular weight excluding hydrogens is 260 g/mol. The first kappa shape index (κ1) is 16.0. The molecule has 1 aliphatic rings. The molecule has 116 valence electrons. The molecule has 1 amide bonds. The Morgan fingerprint density at radius 1 is 1.33 bits per heavy atom. The van der Waals surface area contributed by atoms with E-state index >= 15 is 0 Å². The number of unbranched alkanes of at least 4 members (excludes halogenated alkanes) is 1. The molecule has 0 heterocycles. The lowest BCUT2D eigenvalue weighted by Crippen LogP contribution is -2.48. The zero-order valence-corrected chi connectivity index (χ0v) is 13.3. The van der Waals surface area contributed by atoms with E-state index in [-0.39, 0.29) is 11.9 Å². The second kappa shape index (κ2) is 7.60. The molecule has 2 atom stereocenters. The number of carbonyl (C=O) groups is 1. The molecule has 21 heavy (non-hydrogen) atoms. The SMILES string of the molecule is CCCCC(N)C(=O)N(Cc1ccccc1)C(C)C1CC1. The number of hydrogen-bond acceptors (Lipinski definition) is 2. The van der Waals surface area contributed by atoms with E-state index in [1.54, 1.807) is 0 Å². The lowest BCUT2D eigenvalue weighted by molar-refractivity contribution is -0.136. The Balaban J connectivity index is 2.06. The summed E-state index contributed by atoms with van der Waals surface area (Å²) in [6, 6.07) is 10.2. The predicted molar refractivity (Wildman–Crippen MR) is 86.7 cm³/mol. The summed E-state index contributed by atoms with van der Waals surface area (Å²) in [4.78, 5) is 14.7. The minimum absolute atomic E-state index is 0.117. The van der Waals surface area contributed by atoms with Gasteiger partial charge >= 0.3 is 0 Å². The molecule has 1 aliphatic carbocycles. The van der Waals surface area contributed by atoms with Crippen LogP contribution in [0, 0.1) is 5.92 Å². The second-order valence-electron chi connectivity index (χ2n) is 6.28. The van der Waals surface area contributed by atoms with Gasteiger partial charge in [0.05, 0.1) is 6.04 Å². The maximum Gasteiger partial charge on any atom is 0.240 e. The van der Waals surface area contributed by atoms with Gasteiger partial charge in [0.25, 0.3) is 0 Å². The Morgan fingerprint density at radius 2 is 2.00 bits per heavy atom. The largest absolute Gasteiger partial charge is 0.334 e. The number of amides is 1. The van der Waals surface area contributed by atoms with Gasteiger partial charge in [0, 0.05) is 12.6 Å². The molecule has 0 spiro atoms. The molecule has 2 unspecified atom stereocenters. The molecule has 0 aliphatic heterocycles. The summed E-state index contributed by atoms with van der Waals surface area (Å²) in [7, 11) is 0. The van der Waals surface area contributed by atoms with Crippen LogP contribution < -0.4 is 5.73 Å². The Kier molecular flexibility index (Phi) is 5.80. The average Bonchev–Trinajstić information content (AvgIpc) is 3.34. The Bertz CT molecular complexity index is 442. The molecule has 0 radical (unpaired) electrons.